The number of fused-ring (bicyclic) bond motifs is 1. The third kappa shape index (κ3) is 6.53. The highest BCUT2D eigenvalue weighted by atomic mass is 35.5. The van der Waals surface area contributed by atoms with Gasteiger partial charge in [-0.2, -0.15) is 0 Å². The molecule has 0 bridgehead atoms. The first kappa shape index (κ1) is 28.8. The SMILES string of the molecule is O=C(N[C@H](Cc1ccc(Cl)cc1)C(=O)N1CCN(C2(Cn3cnnc3)CCCCC2)CC1)[C@H]1Cc2ccccc2CN1. The number of piperazine rings is 1. The van der Waals surface area contributed by atoms with Gasteiger partial charge >= 0.3 is 0 Å². The van der Waals surface area contributed by atoms with Crippen molar-refractivity contribution < 1.29 is 9.59 Å². The molecule has 2 fully saturated rings. The Labute approximate surface area is 252 Å². The fraction of sp³-hybridized carbons (Fsp3) is 0.500. The van der Waals surface area contributed by atoms with Crippen molar-refractivity contribution in [2.45, 2.75) is 75.7 Å². The van der Waals surface area contributed by atoms with Gasteiger partial charge in [-0.05, 0) is 48.1 Å². The second-order valence-electron chi connectivity index (χ2n) is 12.0. The van der Waals surface area contributed by atoms with Gasteiger partial charge in [0, 0.05) is 56.3 Å². The first-order chi connectivity index (χ1) is 20.5. The summed E-state index contributed by atoms with van der Waals surface area (Å²) in [6.45, 7) is 4.44. The molecule has 2 aromatic carbocycles. The van der Waals surface area contributed by atoms with Gasteiger partial charge in [0.25, 0.3) is 0 Å². The summed E-state index contributed by atoms with van der Waals surface area (Å²) in [4.78, 5) is 32.1. The molecule has 2 atom stereocenters. The zero-order chi connectivity index (χ0) is 28.9. The van der Waals surface area contributed by atoms with Crippen molar-refractivity contribution in [3.63, 3.8) is 0 Å². The Hall–Kier alpha value is -3.27. The molecule has 10 heteroatoms. The normalized spacial score (nSPS) is 21.4. The Bertz CT molecular complexity index is 1350. The predicted octanol–water partition coefficient (Wildman–Crippen LogP) is 3.22. The van der Waals surface area contributed by atoms with E-state index in [2.05, 4.69) is 42.4 Å². The van der Waals surface area contributed by atoms with Gasteiger partial charge in [-0.15, -0.1) is 10.2 Å². The van der Waals surface area contributed by atoms with E-state index < -0.39 is 6.04 Å². The van der Waals surface area contributed by atoms with Crippen molar-refractivity contribution in [3.8, 4) is 0 Å². The highest BCUT2D eigenvalue weighted by molar-refractivity contribution is 6.30. The average molecular weight is 590 g/mol. The van der Waals surface area contributed by atoms with Crippen LogP contribution >= 0.6 is 11.6 Å². The number of amides is 2. The molecule has 42 heavy (non-hydrogen) atoms. The van der Waals surface area contributed by atoms with Crippen molar-refractivity contribution in [3.05, 3.63) is 82.9 Å². The molecule has 9 nitrogen and oxygen atoms in total. The first-order valence-electron chi connectivity index (χ1n) is 15.2. The number of halogens is 1. The van der Waals surface area contributed by atoms with Crippen molar-refractivity contribution in [1.29, 1.82) is 0 Å². The molecule has 2 aliphatic heterocycles. The van der Waals surface area contributed by atoms with E-state index in [0.29, 0.717) is 37.5 Å². The van der Waals surface area contributed by atoms with Gasteiger partial charge in [-0.1, -0.05) is 67.3 Å². The number of hydrogen-bond donors (Lipinski definition) is 2. The Morgan fingerprint density at radius 3 is 2.36 bits per heavy atom. The van der Waals surface area contributed by atoms with Crippen LogP contribution < -0.4 is 10.6 Å². The van der Waals surface area contributed by atoms with Gasteiger partial charge in [-0.3, -0.25) is 14.5 Å². The van der Waals surface area contributed by atoms with Gasteiger partial charge in [-0.25, -0.2) is 0 Å². The standard InChI is InChI=1S/C32H40ClN7O2/c33-27-10-8-24(9-11-27)18-29(37-30(41)28-19-25-6-2-3-7-26(25)20-34-28)31(42)39-14-16-40(17-15-39)32(12-4-1-5-13-32)21-38-22-35-36-23-38/h2-3,6-11,22-23,28-29,34H,1,4-5,12-21H2,(H,37,41)/t28-,29-/m1/s1. The van der Waals surface area contributed by atoms with Crippen LogP contribution in [-0.4, -0.2) is 80.2 Å². The fourth-order valence-corrected chi connectivity index (χ4v) is 7.14. The monoisotopic (exact) mass is 589 g/mol. The molecule has 1 saturated carbocycles. The Morgan fingerprint density at radius 2 is 1.64 bits per heavy atom. The summed E-state index contributed by atoms with van der Waals surface area (Å²) in [7, 11) is 0. The summed E-state index contributed by atoms with van der Waals surface area (Å²) in [5, 5.41) is 15.2. The van der Waals surface area contributed by atoms with E-state index >= 15 is 0 Å². The molecule has 6 rings (SSSR count). The van der Waals surface area contributed by atoms with Gasteiger partial charge in [0.2, 0.25) is 11.8 Å². The summed E-state index contributed by atoms with van der Waals surface area (Å²) < 4.78 is 2.10. The topological polar surface area (TPSA) is 95.4 Å². The van der Waals surface area contributed by atoms with E-state index in [1.165, 1.54) is 30.4 Å². The van der Waals surface area contributed by atoms with E-state index in [-0.39, 0.29) is 23.4 Å². The zero-order valence-electron chi connectivity index (χ0n) is 24.1. The zero-order valence-corrected chi connectivity index (χ0v) is 24.8. The number of carbonyl (C=O) groups excluding carboxylic acids is 2. The van der Waals surface area contributed by atoms with E-state index in [0.717, 1.165) is 38.0 Å². The van der Waals surface area contributed by atoms with Crippen LogP contribution in [0.3, 0.4) is 0 Å². The number of nitrogens with one attached hydrogen (secondary N) is 2. The first-order valence-corrected chi connectivity index (χ1v) is 15.6. The maximum absolute atomic E-state index is 14.0. The highest BCUT2D eigenvalue weighted by Gasteiger charge is 2.41. The molecule has 0 radical (unpaired) electrons. The molecule has 1 aliphatic carbocycles. The van der Waals surface area contributed by atoms with Crippen LogP contribution in [0.2, 0.25) is 5.02 Å². The van der Waals surface area contributed by atoms with Crippen LogP contribution in [0.5, 0.6) is 0 Å². The lowest BCUT2D eigenvalue weighted by Gasteiger charge is -2.50. The van der Waals surface area contributed by atoms with Gasteiger partial charge in [0.15, 0.2) is 0 Å². The molecule has 0 unspecified atom stereocenters. The lowest BCUT2D eigenvalue weighted by molar-refractivity contribution is -0.139. The van der Waals surface area contributed by atoms with E-state index in [4.69, 9.17) is 11.6 Å². The number of aromatic nitrogens is 3. The average Bonchev–Trinajstić information content (AvgIpc) is 3.54. The number of hydrogen-bond acceptors (Lipinski definition) is 6. The van der Waals surface area contributed by atoms with E-state index in [1.807, 2.05) is 41.3 Å². The summed E-state index contributed by atoms with van der Waals surface area (Å²) >= 11 is 6.13. The molecule has 1 saturated heterocycles. The maximum Gasteiger partial charge on any atom is 0.245 e. The fourth-order valence-electron chi connectivity index (χ4n) is 7.02. The van der Waals surface area contributed by atoms with E-state index in [9.17, 15) is 9.59 Å². The predicted molar refractivity (Wildman–Crippen MR) is 162 cm³/mol. The number of benzene rings is 2. The van der Waals surface area contributed by atoms with Crippen LogP contribution in [0, 0.1) is 0 Å². The largest absolute Gasteiger partial charge is 0.343 e. The number of nitrogens with zero attached hydrogens (tertiary/aromatic N) is 5. The number of rotatable bonds is 8. The second-order valence-corrected chi connectivity index (χ2v) is 12.5. The molecule has 0 spiro atoms. The molecule has 2 amide bonds. The van der Waals surface area contributed by atoms with Gasteiger partial charge in [0.1, 0.15) is 18.7 Å². The number of carbonyl (C=O) groups is 2. The Kier molecular flexibility index (Phi) is 8.88. The van der Waals surface area contributed by atoms with Gasteiger partial charge in [0.05, 0.1) is 6.04 Å². The minimum Gasteiger partial charge on any atom is -0.343 e. The lowest BCUT2D eigenvalue weighted by Crippen LogP contribution is -2.62. The highest BCUT2D eigenvalue weighted by Crippen LogP contribution is 2.36. The molecule has 3 heterocycles. The molecule has 1 aromatic heterocycles. The second kappa shape index (κ2) is 12.9. The molecular weight excluding hydrogens is 550 g/mol. The molecule has 3 aromatic rings. The molecule has 2 N–H and O–H groups in total. The third-order valence-corrected chi connectivity index (χ3v) is 9.61. The van der Waals surface area contributed by atoms with Crippen LogP contribution in [0.15, 0.2) is 61.2 Å². The van der Waals surface area contributed by atoms with Crippen molar-refractivity contribution >= 4 is 23.4 Å². The summed E-state index contributed by atoms with van der Waals surface area (Å²) in [5.41, 5.74) is 3.42. The third-order valence-electron chi connectivity index (χ3n) is 9.36. The van der Waals surface area contributed by atoms with Crippen LogP contribution in [0.1, 0.15) is 48.8 Å². The molecule has 222 valence electrons. The van der Waals surface area contributed by atoms with Crippen molar-refractivity contribution in [2.75, 3.05) is 26.2 Å². The van der Waals surface area contributed by atoms with Crippen molar-refractivity contribution in [1.82, 2.24) is 35.2 Å². The van der Waals surface area contributed by atoms with Crippen LogP contribution in [-0.2, 0) is 35.5 Å². The smallest absolute Gasteiger partial charge is 0.245 e. The Morgan fingerprint density at radius 1 is 0.952 bits per heavy atom. The Balaban J connectivity index is 1.14. The maximum atomic E-state index is 14.0. The lowest BCUT2D eigenvalue weighted by atomic mass is 9.79. The summed E-state index contributed by atoms with van der Waals surface area (Å²) in [5.74, 6) is -0.156. The minimum absolute atomic E-state index is 0.0225. The quantitative estimate of drug-likeness (QED) is 0.419. The van der Waals surface area contributed by atoms with E-state index in [1.54, 1.807) is 12.7 Å². The molecule has 3 aliphatic rings. The summed E-state index contributed by atoms with van der Waals surface area (Å²) in [6, 6.07) is 14.7. The van der Waals surface area contributed by atoms with Gasteiger partial charge < -0.3 is 20.1 Å². The van der Waals surface area contributed by atoms with Crippen LogP contribution in [0.25, 0.3) is 0 Å². The minimum atomic E-state index is -0.648. The molecular formula is C32H40ClN7O2. The van der Waals surface area contributed by atoms with Crippen molar-refractivity contribution in [2.24, 2.45) is 0 Å². The van der Waals surface area contributed by atoms with Crippen LogP contribution in [0.4, 0.5) is 0 Å². The summed E-state index contributed by atoms with van der Waals surface area (Å²) in [6.07, 6.45) is 10.6.